The maximum Gasteiger partial charge on any atom is 0.412 e. The Morgan fingerprint density at radius 3 is 2.06 bits per heavy atom. The fourth-order valence-electron chi connectivity index (χ4n) is 0.781. The van der Waals surface area contributed by atoms with Gasteiger partial charge in [0.2, 0.25) is 0 Å². The summed E-state index contributed by atoms with van der Waals surface area (Å²) in [6, 6.07) is 2.84. The molecular weight excluding hydrogens is 242 g/mol. The molecule has 8 heteroatoms. The van der Waals surface area contributed by atoms with E-state index in [-0.39, 0.29) is 5.56 Å². The molecule has 1 rings (SSSR count). The minimum Gasteiger partial charge on any atom is -0.450 e. The summed E-state index contributed by atoms with van der Waals surface area (Å²) in [5.74, 6) is -0.773. The molecule has 2 amide bonds. The predicted octanol–water partition coefficient (Wildman–Crippen LogP) is 0.419. The standard InChI is InChI=1S/C7H6N2O3.C3H7NO2/c8-7(11)12-6(10)5-1-3-9-4-2-5;1-2-6-3(4)5/h1-4H,(H2,8,11);2H2,1H3,(H2,4,5). The van der Waals surface area contributed by atoms with E-state index in [9.17, 15) is 14.4 Å². The van der Waals surface area contributed by atoms with E-state index in [2.05, 4.69) is 25.9 Å². The van der Waals surface area contributed by atoms with Gasteiger partial charge in [0.25, 0.3) is 0 Å². The van der Waals surface area contributed by atoms with Gasteiger partial charge in [-0.25, -0.2) is 14.4 Å². The Labute approximate surface area is 103 Å². The average molecular weight is 255 g/mol. The largest absolute Gasteiger partial charge is 0.450 e. The highest BCUT2D eigenvalue weighted by Crippen LogP contribution is 1.98. The van der Waals surface area contributed by atoms with Gasteiger partial charge in [0, 0.05) is 12.4 Å². The Morgan fingerprint density at radius 1 is 1.17 bits per heavy atom. The lowest BCUT2D eigenvalue weighted by molar-refractivity contribution is 0.0638. The Balaban J connectivity index is 0.000000411. The van der Waals surface area contributed by atoms with Gasteiger partial charge in [-0.2, -0.15) is 0 Å². The third kappa shape index (κ3) is 7.63. The molecule has 0 aliphatic rings. The lowest BCUT2D eigenvalue weighted by Crippen LogP contribution is -2.18. The highest BCUT2D eigenvalue weighted by Gasteiger charge is 2.08. The van der Waals surface area contributed by atoms with E-state index in [1.54, 1.807) is 6.92 Å². The topological polar surface area (TPSA) is 135 Å². The number of esters is 1. The first-order valence-electron chi connectivity index (χ1n) is 4.81. The molecule has 1 aromatic heterocycles. The number of carbonyl (C=O) groups is 3. The number of carbonyl (C=O) groups excluding carboxylic acids is 3. The third-order valence-corrected chi connectivity index (χ3v) is 1.40. The van der Waals surface area contributed by atoms with Gasteiger partial charge in [-0.3, -0.25) is 4.98 Å². The van der Waals surface area contributed by atoms with Crippen LogP contribution in [0.15, 0.2) is 24.5 Å². The van der Waals surface area contributed by atoms with Crippen LogP contribution in [0.5, 0.6) is 0 Å². The van der Waals surface area contributed by atoms with Gasteiger partial charge in [0.1, 0.15) is 0 Å². The molecule has 8 nitrogen and oxygen atoms in total. The highest BCUT2D eigenvalue weighted by molar-refractivity contribution is 5.95. The van der Waals surface area contributed by atoms with Crippen LogP contribution in [0.25, 0.3) is 0 Å². The SMILES string of the molecule is CCOC(N)=O.NC(=O)OC(=O)c1ccncc1. The van der Waals surface area contributed by atoms with Gasteiger partial charge in [0.15, 0.2) is 0 Å². The van der Waals surface area contributed by atoms with Crippen LogP contribution in [0.2, 0.25) is 0 Å². The number of rotatable bonds is 2. The van der Waals surface area contributed by atoms with Gasteiger partial charge in [-0.1, -0.05) is 0 Å². The molecule has 0 atom stereocenters. The van der Waals surface area contributed by atoms with Crippen LogP contribution >= 0.6 is 0 Å². The number of amides is 2. The van der Waals surface area contributed by atoms with E-state index in [0.29, 0.717) is 6.61 Å². The van der Waals surface area contributed by atoms with E-state index in [1.165, 1.54) is 24.5 Å². The van der Waals surface area contributed by atoms with Crippen LogP contribution in [0.1, 0.15) is 17.3 Å². The molecule has 0 aliphatic carbocycles. The number of hydrogen-bond donors (Lipinski definition) is 2. The normalized spacial score (nSPS) is 8.50. The Kier molecular flexibility index (Phi) is 7.26. The molecule has 0 aliphatic heterocycles. The minimum atomic E-state index is -1.11. The molecule has 0 spiro atoms. The zero-order valence-electron chi connectivity index (χ0n) is 9.66. The molecule has 4 N–H and O–H groups in total. The average Bonchev–Trinajstić information content (AvgIpc) is 2.30. The second-order valence-corrected chi connectivity index (χ2v) is 2.70. The number of hydrogen-bond acceptors (Lipinski definition) is 6. The first-order valence-corrected chi connectivity index (χ1v) is 4.81. The summed E-state index contributed by atoms with van der Waals surface area (Å²) in [7, 11) is 0. The summed E-state index contributed by atoms with van der Waals surface area (Å²) in [6.07, 6.45) is 1.00. The summed E-state index contributed by atoms with van der Waals surface area (Å²) < 4.78 is 8.29. The van der Waals surface area contributed by atoms with Crippen molar-refractivity contribution < 1.29 is 23.9 Å². The van der Waals surface area contributed by atoms with E-state index in [1.807, 2.05) is 0 Å². The molecule has 0 unspecified atom stereocenters. The fourth-order valence-corrected chi connectivity index (χ4v) is 0.781. The molecule has 1 aromatic rings. The van der Waals surface area contributed by atoms with Crippen molar-refractivity contribution in [1.29, 1.82) is 0 Å². The van der Waals surface area contributed by atoms with Crippen molar-refractivity contribution in [3.05, 3.63) is 30.1 Å². The third-order valence-electron chi connectivity index (χ3n) is 1.40. The van der Waals surface area contributed by atoms with Gasteiger partial charge < -0.3 is 20.9 Å². The molecule has 0 aromatic carbocycles. The zero-order valence-corrected chi connectivity index (χ0v) is 9.66. The zero-order chi connectivity index (χ0) is 14.0. The van der Waals surface area contributed by atoms with Gasteiger partial charge in [-0.15, -0.1) is 0 Å². The van der Waals surface area contributed by atoms with Crippen LogP contribution in [-0.4, -0.2) is 29.7 Å². The van der Waals surface area contributed by atoms with Crippen molar-refractivity contribution in [2.75, 3.05) is 6.61 Å². The Morgan fingerprint density at radius 2 is 1.72 bits per heavy atom. The summed E-state index contributed by atoms with van der Waals surface area (Å²) in [5.41, 5.74) is 9.41. The van der Waals surface area contributed by atoms with Crippen LogP contribution < -0.4 is 11.5 Å². The first kappa shape index (κ1) is 15.4. The van der Waals surface area contributed by atoms with E-state index < -0.39 is 18.2 Å². The Hall–Kier alpha value is -2.64. The summed E-state index contributed by atoms with van der Waals surface area (Å²) in [4.78, 5) is 34.3. The first-order chi connectivity index (χ1) is 8.47. The van der Waals surface area contributed by atoms with Crippen LogP contribution in [0.3, 0.4) is 0 Å². The lowest BCUT2D eigenvalue weighted by Gasteiger charge is -1.97. The van der Waals surface area contributed by atoms with Gasteiger partial charge in [0.05, 0.1) is 12.2 Å². The maximum atomic E-state index is 10.9. The van der Waals surface area contributed by atoms with Crippen molar-refractivity contribution in [3.8, 4) is 0 Å². The monoisotopic (exact) mass is 255 g/mol. The van der Waals surface area contributed by atoms with Crippen LogP contribution in [0, 0.1) is 0 Å². The van der Waals surface area contributed by atoms with Crippen molar-refractivity contribution in [2.45, 2.75) is 6.92 Å². The number of primary amides is 2. The number of nitrogens with zero attached hydrogens (tertiary/aromatic N) is 1. The Bertz CT molecular complexity index is 407. The quantitative estimate of drug-likeness (QED) is 0.580. The lowest BCUT2D eigenvalue weighted by atomic mass is 10.3. The second-order valence-electron chi connectivity index (χ2n) is 2.70. The highest BCUT2D eigenvalue weighted by atomic mass is 16.6. The fraction of sp³-hybridized carbons (Fsp3) is 0.200. The molecule has 98 valence electrons. The molecule has 0 saturated heterocycles. The summed E-state index contributed by atoms with van der Waals surface area (Å²) in [5, 5.41) is 0. The summed E-state index contributed by atoms with van der Waals surface area (Å²) >= 11 is 0. The minimum absolute atomic E-state index is 0.240. The smallest absolute Gasteiger partial charge is 0.412 e. The molecule has 0 radical (unpaired) electrons. The number of aromatic nitrogens is 1. The summed E-state index contributed by atoms with van der Waals surface area (Å²) in [6.45, 7) is 2.06. The molecular formula is C10H13N3O5. The maximum absolute atomic E-state index is 10.9. The van der Waals surface area contributed by atoms with Crippen molar-refractivity contribution in [3.63, 3.8) is 0 Å². The van der Waals surface area contributed by atoms with Crippen LogP contribution in [0.4, 0.5) is 9.59 Å². The molecule has 18 heavy (non-hydrogen) atoms. The van der Waals surface area contributed by atoms with E-state index in [0.717, 1.165) is 0 Å². The molecule has 0 fully saturated rings. The van der Waals surface area contributed by atoms with Crippen molar-refractivity contribution >= 4 is 18.2 Å². The number of ether oxygens (including phenoxy) is 2. The molecule has 1 heterocycles. The van der Waals surface area contributed by atoms with Gasteiger partial charge >= 0.3 is 18.2 Å². The predicted molar refractivity (Wildman–Crippen MR) is 60.4 cm³/mol. The molecule has 0 bridgehead atoms. The number of pyridine rings is 1. The van der Waals surface area contributed by atoms with E-state index in [4.69, 9.17) is 0 Å². The van der Waals surface area contributed by atoms with Crippen LogP contribution in [-0.2, 0) is 9.47 Å². The second kappa shape index (κ2) is 8.50. The van der Waals surface area contributed by atoms with Gasteiger partial charge in [-0.05, 0) is 19.1 Å². The molecule has 0 saturated carbocycles. The van der Waals surface area contributed by atoms with Crippen molar-refractivity contribution in [2.24, 2.45) is 11.5 Å². The van der Waals surface area contributed by atoms with Crippen molar-refractivity contribution in [1.82, 2.24) is 4.98 Å². The number of nitrogens with two attached hydrogens (primary N) is 2. The van der Waals surface area contributed by atoms with E-state index >= 15 is 0 Å².